The van der Waals surface area contributed by atoms with Gasteiger partial charge in [0.15, 0.2) is 0 Å². The van der Waals surface area contributed by atoms with E-state index in [1.54, 1.807) is 18.5 Å². The summed E-state index contributed by atoms with van der Waals surface area (Å²) in [6, 6.07) is 1.82. The standard InChI is InChI=1S/C17H24N6OS.2ClH/c1-2-16-21-10-13(25-16)17(24)23(12-4-3-7-19-8-5-12)11-15-20-9-6-14(18)22-15;;/h6,9-10,12,19H,2-5,7-8,11H2,1H3,(H2,18,20,22);2*1H. The molecule has 1 aliphatic rings. The number of aromatic nitrogens is 3. The lowest BCUT2D eigenvalue weighted by Crippen LogP contribution is -2.40. The molecule has 0 spiro atoms. The van der Waals surface area contributed by atoms with Crippen molar-refractivity contribution >= 4 is 47.9 Å². The first kappa shape index (κ1) is 23.6. The molecule has 7 nitrogen and oxygen atoms in total. The molecule has 1 fully saturated rings. The number of rotatable bonds is 5. The molecule has 1 amide bonds. The smallest absolute Gasteiger partial charge is 0.266 e. The van der Waals surface area contributed by atoms with Crippen molar-refractivity contribution in [3.8, 4) is 0 Å². The van der Waals surface area contributed by atoms with E-state index in [1.165, 1.54) is 11.3 Å². The number of hydrogen-bond acceptors (Lipinski definition) is 7. The highest BCUT2D eigenvalue weighted by Crippen LogP contribution is 2.22. The molecule has 150 valence electrons. The van der Waals surface area contributed by atoms with E-state index >= 15 is 0 Å². The molecule has 0 bridgehead atoms. The minimum Gasteiger partial charge on any atom is -0.384 e. The number of aryl methyl sites for hydroxylation is 1. The van der Waals surface area contributed by atoms with E-state index < -0.39 is 0 Å². The second kappa shape index (κ2) is 11.4. The summed E-state index contributed by atoms with van der Waals surface area (Å²) in [5.74, 6) is 1.01. The van der Waals surface area contributed by atoms with Crippen LogP contribution in [0, 0.1) is 0 Å². The number of nitrogens with zero attached hydrogens (tertiary/aromatic N) is 4. The molecule has 3 N–H and O–H groups in total. The quantitative estimate of drug-likeness (QED) is 0.753. The first-order valence-corrected chi connectivity index (χ1v) is 9.52. The number of carbonyl (C=O) groups is 1. The van der Waals surface area contributed by atoms with Crippen LogP contribution in [0.15, 0.2) is 18.5 Å². The van der Waals surface area contributed by atoms with Crippen molar-refractivity contribution in [2.45, 2.75) is 45.2 Å². The molecular weight excluding hydrogens is 407 g/mol. The van der Waals surface area contributed by atoms with Gasteiger partial charge in [-0.15, -0.1) is 36.2 Å². The van der Waals surface area contributed by atoms with Crippen LogP contribution in [0.2, 0.25) is 0 Å². The highest BCUT2D eigenvalue weighted by atomic mass is 35.5. The first-order chi connectivity index (χ1) is 12.2. The lowest BCUT2D eigenvalue weighted by Gasteiger charge is -2.30. The van der Waals surface area contributed by atoms with Crippen LogP contribution in [0.1, 0.15) is 46.7 Å². The molecule has 1 unspecified atom stereocenters. The van der Waals surface area contributed by atoms with Crippen LogP contribution in [-0.2, 0) is 13.0 Å². The van der Waals surface area contributed by atoms with Crippen molar-refractivity contribution in [2.75, 3.05) is 18.8 Å². The summed E-state index contributed by atoms with van der Waals surface area (Å²) < 4.78 is 0. The molecule has 3 heterocycles. The molecule has 0 aliphatic carbocycles. The number of nitrogens with two attached hydrogens (primary N) is 1. The Labute approximate surface area is 176 Å². The molecule has 2 aromatic rings. The Morgan fingerprint density at radius 2 is 2.15 bits per heavy atom. The van der Waals surface area contributed by atoms with Crippen LogP contribution in [0.5, 0.6) is 0 Å². The summed E-state index contributed by atoms with van der Waals surface area (Å²) in [5, 5.41) is 4.38. The van der Waals surface area contributed by atoms with E-state index in [9.17, 15) is 4.79 Å². The Kier molecular flexibility index (Phi) is 9.93. The maximum Gasteiger partial charge on any atom is 0.266 e. The number of nitrogens with one attached hydrogen (secondary N) is 1. The fraction of sp³-hybridized carbons (Fsp3) is 0.529. The third-order valence-corrected chi connectivity index (χ3v) is 5.48. The van der Waals surface area contributed by atoms with Gasteiger partial charge >= 0.3 is 0 Å². The second-order valence-electron chi connectivity index (χ2n) is 6.14. The summed E-state index contributed by atoms with van der Waals surface area (Å²) >= 11 is 1.47. The van der Waals surface area contributed by atoms with Crippen molar-refractivity contribution in [3.05, 3.63) is 34.2 Å². The molecule has 2 aromatic heterocycles. The summed E-state index contributed by atoms with van der Waals surface area (Å²) in [5.41, 5.74) is 5.77. The van der Waals surface area contributed by atoms with E-state index in [2.05, 4.69) is 20.3 Å². The summed E-state index contributed by atoms with van der Waals surface area (Å²) in [7, 11) is 0. The van der Waals surface area contributed by atoms with Crippen molar-refractivity contribution in [3.63, 3.8) is 0 Å². The number of hydrogen-bond donors (Lipinski definition) is 2. The maximum atomic E-state index is 13.2. The second-order valence-corrected chi connectivity index (χ2v) is 7.25. The molecule has 10 heteroatoms. The van der Waals surface area contributed by atoms with Gasteiger partial charge < -0.3 is 16.0 Å². The Morgan fingerprint density at radius 3 is 2.85 bits per heavy atom. The molecule has 0 aromatic carbocycles. The normalized spacial score (nSPS) is 16.6. The number of anilines is 1. The predicted molar refractivity (Wildman–Crippen MR) is 113 cm³/mol. The molecule has 1 atom stereocenters. The highest BCUT2D eigenvalue weighted by Gasteiger charge is 2.27. The average Bonchev–Trinajstić information content (AvgIpc) is 2.94. The van der Waals surface area contributed by atoms with Crippen molar-refractivity contribution in [1.29, 1.82) is 0 Å². The number of halogens is 2. The monoisotopic (exact) mass is 432 g/mol. The molecule has 0 saturated carbocycles. The predicted octanol–water partition coefficient (Wildman–Crippen LogP) is 2.71. The summed E-state index contributed by atoms with van der Waals surface area (Å²) in [4.78, 5) is 28.6. The topological polar surface area (TPSA) is 97.0 Å². The third kappa shape index (κ3) is 6.27. The van der Waals surface area contributed by atoms with Gasteiger partial charge in [0.1, 0.15) is 16.5 Å². The third-order valence-electron chi connectivity index (χ3n) is 4.35. The lowest BCUT2D eigenvalue weighted by atomic mass is 10.1. The van der Waals surface area contributed by atoms with Crippen LogP contribution < -0.4 is 11.1 Å². The van der Waals surface area contributed by atoms with E-state index in [1.807, 2.05) is 11.8 Å². The summed E-state index contributed by atoms with van der Waals surface area (Å²) in [6.45, 7) is 4.32. The zero-order chi connectivity index (χ0) is 17.6. The van der Waals surface area contributed by atoms with Gasteiger partial charge in [0.25, 0.3) is 5.91 Å². The van der Waals surface area contributed by atoms with Gasteiger partial charge in [0, 0.05) is 12.2 Å². The number of carbonyl (C=O) groups excluding carboxylic acids is 1. The Balaban J connectivity index is 0.00000182. The summed E-state index contributed by atoms with van der Waals surface area (Å²) in [6.07, 6.45) is 7.11. The first-order valence-electron chi connectivity index (χ1n) is 8.71. The van der Waals surface area contributed by atoms with E-state index in [0.717, 1.165) is 43.8 Å². The number of nitrogen functional groups attached to an aromatic ring is 1. The van der Waals surface area contributed by atoms with Crippen molar-refractivity contribution in [1.82, 2.24) is 25.2 Å². The van der Waals surface area contributed by atoms with Gasteiger partial charge in [0.05, 0.1) is 17.7 Å². The molecule has 27 heavy (non-hydrogen) atoms. The van der Waals surface area contributed by atoms with E-state index in [-0.39, 0.29) is 36.8 Å². The van der Waals surface area contributed by atoms with Crippen molar-refractivity contribution in [2.24, 2.45) is 0 Å². The van der Waals surface area contributed by atoms with Crippen LogP contribution in [0.3, 0.4) is 0 Å². The number of amides is 1. The van der Waals surface area contributed by atoms with Crippen LogP contribution in [-0.4, -0.2) is 44.9 Å². The van der Waals surface area contributed by atoms with Gasteiger partial charge in [-0.05, 0) is 44.8 Å². The minimum absolute atomic E-state index is 0. The Bertz CT molecular complexity index is 721. The average molecular weight is 433 g/mol. The zero-order valence-electron chi connectivity index (χ0n) is 15.3. The largest absolute Gasteiger partial charge is 0.384 e. The van der Waals surface area contributed by atoms with Gasteiger partial charge in [0.2, 0.25) is 0 Å². The molecular formula is C17H26Cl2N6OS. The number of thiazole rings is 1. The fourth-order valence-corrected chi connectivity index (χ4v) is 3.85. The van der Waals surface area contributed by atoms with E-state index in [4.69, 9.17) is 5.73 Å². The zero-order valence-corrected chi connectivity index (χ0v) is 17.7. The highest BCUT2D eigenvalue weighted by molar-refractivity contribution is 7.13. The molecule has 1 saturated heterocycles. The van der Waals surface area contributed by atoms with Gasteiger partial charge in [-0.25, -0.2) is 15.0 Å². The van der Waals surface area contributed by atoms with Gasteiger partial charge in [-0.1, -0.05) is 6.92 Å². The maximum absolute atomic E-state index is 13.2. The lowest BCUT2D eigenvalue weighted by molar-refractivity contribution is 0.0644. The molecule has 1 aliphatic heterocycles. The van der Waals surface area contributed by atoms with Gasteiger partial charge in [-0.3, -0.25) is 4.79 Å². The molecule has 3 rings (SSSR count). The fourth-order valence-electron chi connectivity index (χ4n) is 3.04. The van der Waals surface area contributed by atoms with Crippen LogP contribution in [0.4, 0.5) is 5.82 Å². The molecule has 0 radical (unpaired) electrons. The van der Waals surface area contributed by atoms with Crippen LogP contribution >= 0.6 is 36.2 Å². The Morgan fingerprint density at radius 1 is 1.33 bits per heavy atom. The SMILES string of the molecule is CCc1ncc(C(=O)N(Cc2nccc(N)n2)C2CCCNCC2)s1.Cl.Cl. The van der Waals surface area contributed by atoms with E-state index in [0.29, 0.717) is 23.1 Å². The minimum atomic E-state index is 0. The van der Waals surface area contributed by atoms with Crippen molar-refractivity contribution < 1.29 is 4.79 Å². The Hall–Kier alpha value is -1.48. The van der Waals surface area contributed by atoms with Gasteiger partial charge in [-0.2, -0.15) is 0 Å². The van der Waals surface area contributed by atoms with Crippen LogP contribution in [0.25, 0.3) is 0 Å².